The number of halogens is 2. The summed E-state index contributed by atoms with van der Waals surface area (Å²) in [7, 11) is 0. The van der Waals surface area contributed by atoms with E-state index in [0.29, 0.717) is 0 Å². The van der Waals surface area contributed by atoms with Crippen LogP contribution < -0.4 is 5.73 Å². The number of carbonyl (C=O) groups is 1. The number of hydrogen-bond acceptors (Lipinski definition) is 3. The van der Waals surface area contributed by atoms with Crippen molar-refractivity contribution in [2.75, 3.05) is 12.3 Å². The third kappa shape index (κ3) is 3.14. The Morgan fingerprint density at radius 3 is 2.94 bits per heavy atom. The summed E-state index contributed by atoms with van der Waals surface area (Å²) in [4.78, 5) is 10.9. The van der Waals surface area contributed by atoms with Crippen molar-refractivity contribution in [3.05, 3.63) is 28.5 Å². The number of esters is 1. The van der Waals surface area contributed by atoms with Crippen LogP contribution in [0.15, 0.2) is 12.1 Å². The van der Waals surface area contributed by atoms with Crippen molar-refractivity contribution in [2.45, 2.75) is 6.92 Å². The average Bonchev–Trinajstić information content (AvgIpc) is 2.21. The number of carbonyl (C=O) groups excluding carboxylic acids is 1. The fourth-order valence-electron chi connectivity index (χ4n) is 0.974. The number of nitrogens with two attached hydrogens (primary N) is 1. The van der Waals surface area contributed by atoms with Gasteiger partial charge in [-0.15, -0.1) is 0 Å². The number of hydrogen-bond donors (Lipinski definition) is 1. The Kier molecular flexibility index (Phi) is 4.15. The molecule has 3 nitrogen and oxygen atoms in total. The predicted octanol–water partition coefficient (Wildman–Crippen LogP) is 1.98. The van der Waals surface area contributed by atoms with E-state index >= 15 is 0 Å². The third-order valence-electron chi connectivity index (χ3n) is 1.67. The fraction of sp³-hybridized carbons (Fsp3) is 0.182. The second kappa shape index (κ2) is 5.38. The van der Waals surface area contributed by atoms with E-state index in [-0.39, 0.29) is 22.9 Å². The minimum atomic E-state index is -0.692. The van der Waals surface area contributed by atoms with Gasteiger partial charge < -0.3 is 10.5 Å². The number of benzene rings is 1. The largest absolute Gasteiger partial charge is 0.456 e. The third-order valence-corrected chi connectivity index (χ3v) is 1.89. The van der Waals surface area contributed by atoms with E-state index < -0.39 is 11.8 Å². The molecular formula is C11H9ClFNO2. The van der Waals surface area contributed by atoms with E-state index in [9.17, 15) is 9.18 Å². The molecule has 0 aliphatic heterocycles. The summed E-state index contributed by atoms with van der Waals surface area (Å²) in [5, 5.41) is 0.167. The van der Waals surface area contributed by atoms with E-state index in [1.807, 2.05) is 0 Å². The first-order valence-electron chi connectivity index (χ1n) is 4.48. The van der Waals surface area contributed by atoms with E-state index in [0.717, 1.165) is 6.07 Å². The van der Waals surface area contributed by atoms with Crippen molar-refractivity contribution >= 4 is 23.3 Å². The number of nitrogen functional groups attached to an aromatic ring is 1. The standard InChI is InChI=1S/C11H9ClFNO2/c1-2-16-10(15)4-3-7-5-8(12)6-9(13)11(7)14/h5-6H,2,14H2,1H3. The van der Waals surface area contributed by atoms with Gasteiger partial charge >= 0.3 is 5.97 Å². The smallest absolute Gasteiger partial charge is 0.384 e. The van der Waals surface area contributed by atoms with Crippen molar-refractivity contribution in [1.29, 1.82) is 0 Å². The molecule has 16 heavy (non-hydrogen) atoms. The van der Waals surface area contributed by atoms with Crippen LogP contribution in [0.2, 0.25) is 5.02 Å². The molecule has 0 saturated heterocycles. The number of rotatable bonds is 1. The highest BCUT2D eigenvalue weighted by Gasteiger charge is 2.05. The summed E-state index contributed by atoms with van der Waals surface area (Å²) < 4.78 is 17.7. The quantitative estimate of drug-likeness (QED) is 0.465. The first-order valence-corrected chi connectivity index (χ1v) is 4.85. The monoisotopic (exact) mass is 241 g/mol. The lowest BCUT2D eigenvalue weighted by molar-refractivity contribution is -0.136. The molecule has 0 spiro atoms. The molecule has 0 bridgehead atoms. The van der Waals surface area contributed by atoms with Crippen LogP contribution >= 0.6 is 11.6 Å². The second-order valence-electron chi connectivity index (χ2n) is 2.82. The summed E-state index contributed by atoms with van der Waals surface area (Å²) in [6, 6.07) is 2.46. The molecule has 84 valence electrons. The zero-order valence-electron chi connectivity index (χ0n) is 8.51. The van der Waals surface area contributed by atoms with Crippen LogP contribution in [0.3, 0.4) is 0 Å². The molecule has 1 aromatic carbocycles. The van der Waals surface area contributed by atoms with Crippen molar-refractivity contribution < 1.29 is 13.9 Å². The predicted molar refractivity (Wildman–Crippen MR) is 59.3 cm³/mol. The molecule has 2 N–H and O–H groups in total. The van der Waals surface area contributed by atoms with E-state index in [2.05, 4.69) is 16.6 Å². The number of ether oxygens (including phenoxy) is 1. The summed E-state index contributed by atoms with van der Waals surface area (Å²) in [6.07, 6.45) is 0. The molecule has 1 aromatic rings. The van der Waals surface area contributed by atoms with Gasteiger partial charge in [-0.05, 0) is 19.1 Å². The molecule has 1 rings (SSSR count). The van der Waals surface area contributed by atoms with Gasteiger partial charge in [0.1, 0.15) is 5.82 Å². The highest BCUT2D eigenvalue weighted by molar-refractivity contribution is 6.30. The molecule has 0 unspecified atom stereocenters. The molecule has 0 aliphatic rings. The van der Waals surface area contributed by atoms with Crippen LogP contribution in [0, 0.1) is 17.7 Å². The van der Waals surface area contributed by atoms with Gasteiger partial charge in [-0.3, -0.25) is 0 Å². The lowest BCUT2D eigenvalue weighted by Gasteiger charge is -2.00. The van der Waals surface area contributed by atoms with Crippen molar-refractivity contribution in [1.82, 2.24) is 0 Å². The van der Waals surface area contributed by atoms with Crippen LogP contribution in [0.1, 0.15) is 12.5 Å². The van der Waals surface area contributed by atoms with Gasteiger partial charge in [0.25, 0.3) is 0 Å². The Hall–Kier alpha value is -1.73. The van der Waals surface area contributed by atoms with E-state index in [4.69, 9.17) is 17.3 Å². The topological polar surface area (TPSA) is 52.3 Å². The van der Waals surface area contributed by atoms with Gasteiger partial charge in [-0.25, -0.2) is 9.18 Å². The molecule has 0 aromatic heterocycles. The zero-order valence-corrected chi connectivity index (χ0v) is 9.27. The van der Waals surface area contributed by atoms with E-state index in [1.54, 1.807) is 6.92 Å². The maximum atomic E-state index is 13.1. The molecule has 0 atom stereocenters. The maximum Gasteiger partial charge on any atom is 0.384 e. The van der Waals surface area contributed by atoms with Crippen LogP contribution in [-0.4, -0.2) is 12.6 Å². The molecular weight excluding hydrogens is 233 g/mol. The first kappa shape index (κ1) is 12.3. The van der Waals surface area contributed by atoms with Gasteiger partial charge in [0.15, 0.2) is 0 Å². The lowest BCUT2D eigenvalue weighted by atomic mass is 10.2. The average molecular weight is 242 g/mol. The Morgan fingerprint density at radius 1 is 1.62 bits per heavy atom. The summed E-state index contributed by atoms with van der Waals surface area (Å²) >= 11 is 5.62. The summed E-state index contributed by atoms with van der Waals surface area (Å²) in [6.45, 7) is 1.89. The van der Waals surface area contributed by atoms with Crippen LogP contribution in [0.25, 0.3) is 0 Å². The highest BCUT2D eigenvalue weighted by atomic mass is 35.5. The summed E-state index contributed by atoms with van der Waals surface area (Å²) in [5.41, 5.74) is 5.45. The van der Waals surface area contributed by atoms with Gasteiger partial charge in [-0.2, -0.15) is 0 Å². The molecule has 0 radical (unpaired) electrons. The molecule has 0 heterocycles. The number of anilines is 1. The molecule has 0 saturated carbocycles. The van der Waals surface area contributed by atoms with Crippen molar-refractivity contribution in [3.63, 3.8) is 0 Å². The normalized spacial score (nSPS) is 9.19. The Balaban J connectivity index is 3.01. The fourth-order valence-corrected chi connectivity index (χ4v) is 1.18. The molecule has 0 fully saturated rings. The van der Waals surface area contributed by atoms with Gasteiger partial charge in [0.2, 0.25) is 0 Å². The van der Waals surface area contributed by atoms with Crippen LogP contribution in [0.4, 0.5) is 10.1 Å². The summed E-state index contributed by atoms with van der Waals surface area (Å²) in [5.74, 6) is 3.23. The van der Waals surface area contributed by atoms with Gasteiger partial charge in [-0.1, -0.05) is 17.5 Å². The van der Waals surface area contributed by atoms with Gasteiger partial charge in [0, 0.05) is 10.9 Å². The molecule has 0 aliphatic carbocycles. The zero-order chi connectivity index (χ0) is 12.1. The second-order valence-corrected chi connectivity index (χ2v) is 3.26. The van der Waals surface area contributed by atoms with Crippen LogP contribution in [-0.2, 0) is 9.53 Å². The Labute approximate surface area is 97.3 Å². The highest BCUT2D eigenvalue weighted by Crippen LogP contribution is 2.21. The minimum absolute atomic E-state index is 0.138. The minimum Gasteiger partial charge on any atom is -0.456 e. The van der Waals surface area contributed by atoms with Gasteiger partial charge in [0.05, 0.1) is 17.9 Å². The molecule has 0 amide bonds. The van der Waals surface area contributed by atoms with Crippen molar-refractivity contribution in [3.8, 4) is 11.8 Å². The SMILES string of the molecule is CCOC(=O)C#Cc1cc(Cl)cc(F)c1N. The molecule has 5 heteroatoms. The van der Waals surface area contributed by atoms with Crippen LogP contribution in [0.5, 0.6) is 0 Å². The lowest BCUT2D eigenvalue weighted by Crippen LogP contribution is -2.00. The Bertz CT molecular complexity index is 477. The maximum absolute atomic E-state index is 13.1. The Morgan fingerprint density at radius 2 is 2.31 bits per heavy atom. The van der Waals surface area contributed by atoms with Crippen molar-refractivity contribution in [2.24, 2.45) is 0 Å². The van der Waals surface area contributed by atoms with E-state index in [1.165, 1.54) is 6.07 Å². The first-order chi connectivity index (χ1) is 7.54.